The number of rotatable bonds is 7. The van der Waals surface area contributed by atoms with Crippen LogP contribution in [0.25, 0.3) is 27.6 Å². The summed E-state index contributed by atoms with van der Waals surface area (Å²) in [6, 6.07) is 33.5. The molecule has 2 amide bonds. The van der Waals surface area contributed by atoms with Gasteiger partial charge in [-0.3, -0.25) is 19.8 Å². The zero-order valence-electron chi connectivity index (χ0n) is 30.3. The van der Waals surface area contributed by atoms with E-state index in [4.69, 9.17) is 19.4 Å². The van der Waals surface area contributed by atoms with Gasteiger partial charge >= 0.3 is 6.03 Å². The Morgan fingerprint density at radius 1 is 0.849 bits per heavy atom. The van der Waals surface area contributed by atoms with Crippen LogP contribution in [-0.2, 0) is 26.8 Å². The second-order valence-corrected chi connectivity index (χ2v) is 15.3. The van der Waals surface area contributed by atoms with Crippen molar-refractivity contribution in [3.8, 4) is 16.8 Å². The van der Waals surface area contributed by atoms with Crippen LogP contribution in [0.5, 0.6) is 0 Å². The fourth-order valence-electron chi connectivity index (χ4n) is 5.91. The Morgan fingerprint density at radius 3 is 2.15 bits per heavy atom. The molecule has 1 aliphatic heterocycles. The van der Waals surface area contributed by atoms with E-state index in [9.17, 15) is 13.2 Å². The van der Waals surface area contributed by atoms with Crippen LogP contribution in [0.1, 0.15) is 37.7 Å². The molecule has 12 heteroatoms. The lowest BCUT2D eigenvalue weighted by atomic mass is 9.92. The number of amides is 2. The van der Waals surface area contributed by atoms with Crippen molar-refractivity contribution in [2.45, 2.75) is 44.6 Å². The van der Waals surface area contributed by atoms with Crippen LogP contribution in [0, 0.1) is 6.92 Å². The Labute approximate surface area is 310 Å². The summed E-state index contributed by atoms with van der Waals surface area (Å²) in [6.07, 6.45) is 1.94. The van der Waals surface area contributed by atoms with Crippen LogP contribution in [-0.4, -0.2) is 65.0 Å². The first kappa shape index (κ1) is 37.4. The molecule has 1 fully saturated rings. The maximum absolute atomic E-state index is 13.4. The first-order valence-electron chi connectivity index (χ1n) is 17.4. The molecule has 0 saturated carbocycles. The number of fused-ring (bicyclic) bond motifs is 1. The first-order chi connectivity index (χ1) is 25.3. The third-order valence-corrected chi connectivity index (χ3v) is 9.70. The zero-order chi connectivity index (χ0) is 37.6. The molecular weight excluding hydrogens is 689 g/mol. The van der Waals surface area contributed by atoms with Gasteiger partial charge in [-0.1, -0.05) is 93.1 Å². The smallest absolute Gasteiger partial charge is 0.324 e. The molecule has 3 N–H and O–H groups in total. The number of aromatic nitrogens is 3. The summed E-state index contributed by atoms with van der Waals surface area (Å²) in [4.78, 5) is 20.4. The fourth-order valence-corrected chi connectivity index (χ4v) is 6.41. The van der Waals surface area contributed by atoms with Crippen molar-refractivity contribution < 1.29 is 22.5 Å². The molecule has 0 aliphatic carbocycles. The van der Waals surface area contributed by atoms with Gasteiger partial charge < -0.3 is 10.1 Å². The number of hydrogen-bond acceptors (Lipinski definition) is 7. The number of carbonyl (C=O) groups is 1. The zero-order valence-corrected chi connectivity index (χ0v) is 31.1. The number of hydrogen-bond donors (Lipinski definition) is 3. The summed E-state index contributed by atoms with van der Waals surface area (Å²) in [5, 5.41) is 13.0. The van der Waals surface area contributed by atoms with E-state index < -0.39 is 10.1 Å². The van der Waals surface area contributed by atoms with Crippen LogP contribution < -0.4 is 10.6 Å². The van der Waals surface area contributed by atoms with Gasteiger partial charge in [0.15, 0.2) is 0 Å². The monoisotopic (exact) mass is 732 g/mol. The Hall–Kier alpha value is -5.40. The van der Waals surface area contributed by atoms with Gasteiger partial charge in [-0.25, -0.2) is 9.48 Å². The van der Waals surface area contributed by atoms with E-state index in [0.717, 1.165) is 83.1 Å². The minimum Gasteiger partial charge on any atom is -0.379 e. The lowest BCUT2D eigenvalue weighted by Gasteiger charge is -2.26. The molecule has 3 heterocycles. The van der Waals surface area contributed by atoms with Gasteiger partial charge in [-0.05, 0) is 54.3 Å². The average Bonchev–Trinajstić information content (AvgIpc) is 3.57. The predicted octanol–water partition coefficient (Wildman–Crippen LogP) is 8.10. The normalized spacial score (nSPS) is 13.6. The molecule has 0 bridgehead atoms. The number of benzene rings is 4. The maximum Gasteiger partial charge on any atom is 0.324 e. The van der Waals surface area contributed by atoms with E-state index in [2.05, 4.69) is 54.5 Å². The lowest BCUT2D eigenvalue weighted by Crippen LogP contribution is -2.35. The highest BCUT2D eigenvalue weighted by Gasteiger charge is 2.22. The van der Waals surface area contributed by atoms with Crippen LogP contribution in [0.3, 0.4) is 0 Å². The van der Waals surface area contributed by atoms with E-state index in [1.807, 2.05) is 73.8 Å². The van der Waals surface area contributed by atoms with Gasteiger partial charge in [-0.15, -0.1) is 0 Å². The van der Waals surface area contributed by atoms with Crippen molar-refractivity contribution >= 4 is 38.4 Å². The van der Waals surface area contributed by atoms with E-state index in [1.54, 1.807) is 22.9 Å². The Morgan fingerprint density at radius 2 is 1.53 bits per heavy atom. The SMILES string of the molecule is Cc1ccc(-n2nc(C(C)(C)C)cc2NC(=O)Nc2ccc(-c3ccc(CN4CCOCC4)nc3)c3ccccc23)cc1.O=S(=O)(O)c1ccccc1. The van der Waals surface area contributed by atoms with Crippen LogP contribution in [0.15, 0.2) is 120 Å². The first-order valence-corrected chi connectivity index (χ1v) is 18.8. The summed E-state index contributed by atoms with van der Waals surface area (Å²) in [7, 11) is -4.00. The van der Waals surface area contributed by atoms with Gasteiger partial charge in [0.05, 0.1) is 40.9 Å². The van der Waals surface area contributed by atoms with Crippen molar-refractivity contribution in [2.24, 2.45) is 0 Å². The van der Waals surface area contributed by atoms with Crippen molar-refractivity contribution in [3.63, 3.8) is 0 Å². The van der Waals surface area contributed by atoms with Gasteiger partial charge in [-0.2, -0.15) is 13.5 Å². The highest BCUT2D eigenvalue weighted by atomic mass is 32.2. The largest absolute Gasteiger partial charge is 0.379 e. The summed E-state index contributed by atoms with van der Waals surface area (Å²) in [6.45, 7) is 12.6. The van der Waals surface area contributed by atoms with E-state index in [1.165, 1.54) is 12.1 Å². The minimum atomic E-state index is -4.00. The van der Waals surface area contributed by atoms with Crippen molar-refractivity contribution in [3.05, 3.63) is 132 Å². The maximum atomic E-state index is 13.4. The van der Waals surface area contributed by atoms with Crippen molar-refractivity contribution in [1.29, 1.82) is 0 Å². The third kappa shape index (κ3) is 9.53. The molecule has 2 aromatic heterocycles. The molecule has 0 unspecified atom stereocenters. The Kier molecular flexibility index (Phi) is 11.3. The second kappa shape index (κ2) is 16.1. The molecule has 6 aromatic rings. The lowest BCUT2D eigenvalue weighted by molar-refractivity contribution is 0.0336. The van der Waals surface area contributed by atoms with Gasteiger partial charge in [0.2, 0.25) is 0 Å². The summed E-state index contributed by atoms with van der Waals surface area (Å²) >= 11 is 0. The molecule has 1 saturated heterocycles. The molecule has 1 aliphatic rings. The number of anilines is 2. The Balaban J connectivity index is 0.000000417. The van der Waals surface area contributed by atoms with Crippen molar-refractivity contribution in [1.82, 2.24) is 19.7 Å². The minimum absolute atomic E-state index is 0.0741. The molecule has 0 atom stereocenters. The highest BCUT2D eigenvalue weighted by Crippen LogP contribution is 2.34. The number of ether oxygens (including phenoxy) is 1. The summed E-state index contributed by atoms with van der Waals surface area (Å²) < 4.78 is 36.5. The molecular formula is C41H44N6O5S. The van der Waals surface area contributed by atoms with Gasteiger partial charge in [0.1, 0.15) is 5.82 Å². The Bertz CT molecular complexity index is 2280. The van der Waals surface area contributed by atoms with Crippen LogP contribution in [0.2, 0.25) is 0 Å². The number of aryl methyl sites for hydroxylation is 1. The van der Waals surface area contributed by atoms with Crippen molar-refractivity contribution in [2.75, 3.05) is 36.9 Å². The average molecular weight is 733 g/mol. The summed E-state index contributed by atoms with van der Waals surface area (Å²) in [5.74, 6) is 0.607. The number of pyridine rings is 1. The number of urea groups is 1. The van der Waals surface area contributed by atoms with E-state index in [-0.39, 0.29) is 16.3 Å². The standard InChI is InChI=1S/C35H38N6O2.C6H6O3S/c1-24-9-13-27(14-10-24)41-33(21-32(39-41)35(2,3)4)38-34(42)37-31-16-15-28(29-7-5-6-8-30(29)31)25-11-12-26(36-22-25)23-40-17-19-43-20-18-40;7-10(8,9)6-4-2-1-3-5-6/h5-16,21-22H,17-20,23H2,1-4H3,(H2,37,38,42);1-5H,(H,7,8,9). The molecule has 11 nitrogen and oxygen atoms in total. The molecule has 4 aromatic carbocycles. The number of nitrogens with zero attached hydrogens (tertiary/aromatic N) is 4. The molecule has 53 heavy (non-hydrogen) atoms. The number of morpholine rings is 1. The third-order valence-electron chi connectivity index (χ3n) is 8.84. The molecule has 0 spiro atoms. The molecule has 7 rings (SSSR count). The topological polar surface area (TPSA) is 139 Å². The van der Waals surface area contributed by atoms with Crippen LogP contribution in [0.4, 0.5) is 16.3 Å². The predicted molar refractivity (Wildman–Crippen MR) is 209 cm³/mol. The summed E-state index contributed by atoms with van der Waals surface area (Å²) in [5.41, 5.74) is 6.64. The molecule has 0 radical (unpaired) electrons. The fraction of sp³-hybridized carbons (Fsp3) is 0.244. The van der Waals surface area contributed by atoms with Gasteiger partial charge in [0.25, 0.3) is 10.1 Å². The molecule has 274 valence electrons. The number of nitrogens with one attached hydrogen (secondary N) is 2. The van der Waals surface area contributed by atoms with E-state index in [0.29, 0.717) is 5.82 Å². The van der Waals surface area contributed by atoms with Crippen LogP contribution >= 0.6 is 0 Å². The quantitative estimate of drug-likeness (QED) is 0.140. The second-order valence-electron chi connectivity index (χ2n) is 13.9. The van der Waals surface area contributed by atoms with E-state index >= 15 is 0 Å². The highest BCUT2D eigenvalue weighted by molar-refractivity contribution is 7.85. The van der Waals surface area contributed by atoms with Gasteiger partial charge in [0, 0.05) is 48.3 Å². The number of carbonyl (C=O) groups excluding carboxylic acids is 1.